The van der Waals surface area contributed by atoms with Gasteiger partial charge in [0.2, 0.25) is 5.79 Å². The van der Waals surface area contributed by atoms with Crippen LogP contribution in [0.5, 0.6) is 0 Å². The highest BCUT2D eigenvalue weighted by atomic mass is 16.7. The van der Waals surface area contributed by atoms with Crippen molar-refractivity contribution in [3.8, 4) is 0 Å². The van der Waals surface area contributed by atoms with Gasteiger partial charge in [0.15, 0.2) is 0 Å². The van der Waals surface area contributed by atoms with E-state index in [1.165, 1.54) is 0 Å². The van der Waals surface area contributed by atoms with E-state index >= 15 is 0 Å². The molecule has 0 saturated carbocycles. The quantitative estimate of drug-likeness (QED) is 0.462. The van der Waals surface area contributed by atoms with Gasteiger partial charge in [0, 0.05) is 21.0 Å². The second kappa shape index (κ2) is 4.39. The minimum absolute atomic E-state index is 0.509. The van der Waals surface area contributed by atoms with Crippen molar-refractivity contribution in [2.75, 3.05) is 7.11 Å². The van der Waals surface area contributed by atoms with Gasteiger partial charge in [-0.2, -0.15) is 0 Å². The molecule has 0 N–H and O–H groups in total. The molecular formula is C9H18O2. The Morgan fingerprint density at radius 3 is 2.18 bits per heavy atom. The molecule has 11 heavy (non-hydrogen) atoms. The summed E-state index contributed by atoms with van der Waals surface area (Å²) in [6.45, 7) is 7.94. The molecular weight excluding hydrogens is 140 g/mol. The summed E-state index contributed by atoms with van der Waals surface area (Å²) >= 11 is 0. The molecule has 2 nitrogen and oxygen atoms in total. The van der Waals surface area contributed by atoms with Crippen LogP contribution in [0.1, 0.15) is 27.7 Å². The summed E-state index contributed by atoms with van der Waals surface area (Å²) in [7, 11) is 1.63. The number of hydrogen-bond donors (Lipinski definition) is 0. The van der Waals surface area contributed by atoms with Crippen molar-refractivity contribution in [1.82, 2.24) is 0 Å². The molecule has 0 aromatic rings. The Morgan fingerprint density at radius 1 is 1.27 bits per heavy atom. The molecule has 0 aliphatic carbocycles. The average Bonchev–Trinajstić information content (AvgIpc) is 1.87. The minimum atomic E-state index is -0.509. The Morgan fingerprint density at radius 2 is 1.82 bits per heavy atom. The molecule has 0 rings (SSSR count). The van der Waals surface area contributed by atoms with Crippen LogP contribution in [0.4, 0.5) is 0 Å². The molecule has 0 unspecified atom stereocenters. The zero-order valence-electron chi connectivity index (χ0n) is 8.05. The van der Waals surface area contributed by atoms with Gasteiger partial charge in [-0.1, -0.05) is 13.8 Å². The zero-order valence-corrected chi connectivity index (χ0v) is 8.05. The second-order valence-corrected chi connectivity index (χ2v) is 3.29. The topological polar surface area (TPSA) is 18.5 Å². The van der Waals surface area contributed by atoms with Crippen LogP contribution in [0.3, 0.4) is 0 Å². The number of methoxy groups -OCH3 is 1. The molecule has 0 heterocycles. The SMILES string of the molecule is COC(C)(C)OC=CC(C)C. The fourth-order valence-electron chi connectivity index (χ4n) is 0.408. The van der Waals surface area contributed by atoms with Crippen LogP contribution in [0, 0.1) is 5.92 Å². The molecule has 0 aromatic heterocycles. The lowest BCUT2D eigenvalue weighted by molar-refractivity contribution is -0.161. The first-order valence-corrected chi connectivity index (χ1v) is 3.87. The van der Waals surface area contributed by atoms with E-state index in [0.29, 0.717) is 5.92 Å². The maximum atomic E-state index is 5.29. The van der Waals surface area contributed by atoms with Crippen LogP contribution >= 0.6 is 0 Å². The predicted molar refractivity (Wildman–Crippen MR) is 46.2 cm³/mol. The third kappa shape index (κ3) is 5.92. The summed E-state index contributed by atoms with van der Waals surface area (Å²) in [4.78, 5) is 0. The fourth-order valence-corrected chi connectivity index (χ4v) is 0.408. The maximum Gasteiger partial charge on any atom is 0.203 e. The van der Waals surface area contributed by atoms with Crippen molar-refractivity contribution in [1.29, 1.82) is 0 Å². The van der Waals surface area contributed by atoms with Crippen LogP contribution in [0.2, 0.25) is 0 Å². The van der Waals surface area contributed by atoms with Crippen molar-refractivity contribution >= 4 is 0 Å². The Kier molecular flexibility index (Phi) is 4.19. The molecule has 0 aromatic carbocycles. The number of rotatable bonds is 4. The van der Waals surface area contributed by atoms with E-state index in [-0.39, 0.29) is 0 Å². The maximum absolute atomic E-state index is 5.29. The van der Waals surface area contributed by atoms with Gasteiger partial charge in [0.05, 0.1) is 6.26 Å². The third-order valence-electron chi connectivity index (χ3n) is 1.31. The van der Waals surface area contributed by atoms with Crippen molar-refractivity contribution < 1.29 is 9.47 Å². The Labute approximate surface area is 69.2 Å². The molecule has 0 fully saturated rings. The predicted octanol–water partition coefficient (Wildman–Crippen LogP) is 2.56. The molecule has 66 valence electrons. The van der Waals surface area contributed by atoms with Crippen LogP contribution in [0.15, 0.2) is 12.3 Å². The highest BCUT2D eigenvalue weighted by Crippen LogP contribution is 2.09. The summed E-state index contributed by atoms with van der Waals surface area (Å²) in [6, 6.07) is 0. The van der Waals surface area contributed by atoms with Gasteiger partial charge in [-0.05, 0) is 12.0 Å². The number of ether oxygens (including phenoxy) is 2. The Bertz CT molecular complexity index is 126. The molecule has 0 amide bonds. The normalized spacial score (nSPS) is 12.9. The lowest BCUT2D eigenvalue weighted by Crippen LogP contribution is -2.23. The standard InChI is InChI=1S/C9H18O2/c1-8(2)6-7-11-9(3,4)10-5/h6-8H,1-5H3. The van der Waals surface area contributed by atoms with Gasteiger partial charge in [-0.3, -0.25) is 0 Å². The van der Waals surface area contributed by atoms with Crippen LogP contribution in [0.25, 0.3) is 0 Å². The van der Waals surface area contributed by atoms with E-state index in [1.807, 2.05) is 19.9 Å². The largest absolute Gasteiger partial charge is 0.471 e. The van der Waals surface area contributed by atoms with E-state index in [1.54, 1.807) is 13.4 Å². The molecule has 0 spiro atoms. The lowest BCUT2D eigenvalue weighted by Gasteiger charge is -2.21. The van der Waals surface area contributed by atoms with Crippen molar-refractivity contribution in [2.45, 2.75) is 33.5 Å². The first-order valence-electron chi connectivity index (χ1n) is 3.87. The van der Waals surface area contributed by atoms with Gasteiger partial charge in [0.1, 0.15) is 0 Å². The van der Waals surface area contributed by atoms with Gasteiger partial charge in [-0.15, -0.1) is 0 Å². The van der Waals surface area contributed by atoms with Gasteiger partial charge >= 0.3 is 0 Å². The van der Waals surface area contributed by atoms with E-state index < -0.39 is 5.79 Å². The minimum Gasteiger partial charge on any atom is -0.471 e. The molecule has 0 aliphatic heterocycles. The fraction of sp³-hybridized carbons (Fsp3) is 0.778. The molecule has 2 heteroatoms. The average molecular weight is 158 g/mol. The summed E-state index contributed by atoms with van der Waals surface area (Å²) in [6.07, 6.45) is 3.68. The molecule has 0 saturated heterocycles. The van der Waals surface area contributed by atoms with Crippen LogP contribution in [-0.4, -0.2) is 12.9 Å². The smallest absolute Gasteiger partial charge is 0.203 e. The number of hydrogen-bond acceptors (Lipinski definition) is 2. The second-order valence-electron chi connectivity index (χ2n) is 3.29. The molecule has 0 bridgehead atoms. The van der Waals surface area contributed by atoms with Crippen molar-refractivity contribution in [2.24, 2.45) is 5.92 Å². The first-order chi connectivity index (χ1) is 4.98. The molecule has 0 radical (unpaired) electrons. The van der Waals surface area contributed by atoms with E-state index in [2.05, 4.69) is 13.8 Å². The Balaban J connectivity index is 3.69. The monoisotopic (exact) mass is 158 g/mol. The van der Waals surface area contributed by atoms with Crippen molar-refractivity contribution in [3.63, 3.8) is 0 Å². The van der Waals surface area contributed by atoms with E-state index in [0.717, 1.165) is 0 Å². The Hall–Kier alpha value is -0.500. The summed E-state index contributed by atoms with van der Waals surface area (Å²) in [5, 5.41) is 0. The highest BCUT2D eigenvalue weighted by molar-refractivity contribution is 4.78. The van der Waals surface area contributed by atoms with E-state index in [9.17, 15) is 0 Å². The molecule has 0 aliphatic rings. The van der Waals surface area contributed by atoms with Gasteiger partial charge in [-0.25, -0.2) is 0 Å². The summed E-state index contributed by atoms with van der Waals surface area (Å²) in [5.74, 6) is 0.00781. The van der Waals surface area contributed by atoms with Gasteiger partial charge in [0.25, 0.3) is 0 Å². The third-order valence-corrected chi connectivity index (χ3v) is 1.31. The molecule has 0 atom stereocenters. The first kappa shape index (κ1) is 10.5. The van der Waals surface area contributed by atoms with Crippen LogP contribution in [-0.2, 0) is 9.47 Å². The van der Waals surface area contributed by atoms with Crippen molar-refractivity contribution in [3.05, 3.63) is 12.3 Å². The van der Waals surface area contributed by atoms with Crippen LogP contribution < -0.4 is 0 Å². The van der Waals surface area contributed by atoms with E-state index in [4.69, 9.17) is 9.47 Å². The highest BCUT2D eigenvalue weighted by Gasteiger charge is 2.14. The lowest BCUT2D eigenvalue weighted by atomic mass is 10.2. The summed E-state index contributed by atoms with van der Waals surface area (Å²) < 4.78 is 10.3. The number of allylic oxidation sites excluding steroid dienone is 1. The van der Waals surface area contributed by atoms with Gasteiger partial charge < -0.3 is 9.47 Å². The zero-order chi connectivity index (χ0) is 8.91. The summed E-state index contributed by atoms with van der Waals surface area (Å²) in [5.41, 5.74) is 0.